The molecule has 1 aliphatic rings. The van der Waals surface area contributed by atoms with E-state index in [0.717, 1.165) is 16.5 Å². The van der Waals surface area contributed by atoms with Gasteiger partial charge in [0, 0.05) is 30.1 Å². The van der Waals surface area contributed by atoms with Crippen molar-refractivity contribution in [3.05, 3.63) is 36.0 Å². The van der Waals surface area contributed by atoms with Crippen LogP contribution in [-0.2, 0) is 20.8 Å². The first-order valence-corrected chi connectivity index (χ1v) is 8.59. The molecule has 0 spiro atoms. The van der Waals surface area contributed by atoms with Crippen LogP contribution in [-0.4, -0.2) is 57.9 Å². The van der Waals surface area contributed by atoms with Crippen molar-refractivity contribution in [2.75, 3.05) is 13.1 Å². The number of nitrogens with zero attached hydrogens (tertiary/aromatic N) is 1. The predicted octanol–water partition coefficient (Wildman–Crippen LogP) is 0.230. The van der Waals surface area contributed by atoms with Crippen molar-refractivity contribution in [3.63, 3.8) is 0 Å². The van der Waals surface area contributed by atoms with Crippen LogP contribution in [0.2, 0.25) is 0 Å². The number of hydrogen-bond acceptors (Lipinski definition) is 4. The monoisotopic (exact) mass is 358 g/mol. The molecular formula is C18H22N4O4. The van der Waals surface area contributed by atoms with Gasteiger partial charge in [0.05, 0.1) is 6.54 Å². The van der Waals surface area contributed by atoms with E-state index in [1.54, 1.807) is 6.20 Å². The van der Waals surface area contributed by atoms with Gasteiger partial charge in [-0.25, -0.2) is 4.79 Å². The van der Waals surface area contributed by atoms with E-state index in [4.69, 9.17) is 5.73 Å². The lowest BCUT2D eigenvalue weighted by Gasteiger charge is -2.27. The first kappa shape index (κ1) is 17.9. The second kappa shape index (κ2) is 7.57. The summed E-state index contributed by atoms with van der Waals surface area (Å²) in [5, 5.41) is 12.9. The number of aromatic nitrogens is 1. The van der Waals surface area contributed by atoms with Gasteiger partial charge in [-0.2, -0.15) is 0 Å². The smallest absolute Gasteiger partial charge is 0.326 e. The van der Waals surface area contributed by atoms with Crippen molar-refractivity contribution >= 4 is 28.7 Å². The molecule has 8 heteroatoms. The molecule has 5 N–H and O–H groups in total. The second-order valence-corrected chi connectivity index (χ2v) is 6.42. The SMILES string of the molecule is NCC(=O)N[C@@H](Cc1c[nH]c2ccccc12)C(=O)N1CCC[C@H]1C(=O)O. The van der Waals surface area contributed by atoms with E-state index in [1.807, 2.05) is 24.3 Å². The maximum Gasteiger partial charge on any atom is 0.326 e. The predicted molar refractivity (Wildman–Crippen MR) is 95.4 cm³/mol. The number of carboxylic acids is 1. The van der Waals surface area contributed by atoms with Crippen molar-refractivity contribution in [3.8, 4) is 0 Å². The van der Waals surface area contributed by atoms with Crippen LogP contribution >= 0.6 is 0 Å². The molecule has 2 amide bonds. The lowest BCUT2D eigenvalue weighted by Crippen LogP contribution is -2.53. The Bertz CT molecular complexity index is 831. The molecule has 0 radical (unpaired) electrons. The second-order valence-electron chi connectivity index (χ2n) is 6.42. The summed E-state index contributed by atoms with van der Waals surface area (Å²) in [6.45, 7) is 0.138. The van der Waals surface area contributed by atoms with Gasteiger partial charge in [-0.15, -0.1) is 0 Å². The summed E-state index contributed by atoms with van der Waals surface area (Å²) in [5.41, 5.74) is 7.19. The quantitative estimate of drug-likeness (QED) is 0.587. The Kier molecular flexibility index (Phi) is 5.22. The number of nitrogens with two attached hydrogens (primary N) is 1. The Morgan fingerprint density at radius 2 is 2.12 bits per heavy atom. The number of nitrogens with one attached hydrogen (secondary N) is 2. The largest absolute Gasteiger partial charge is 0.480 e. The highest BCUT2D eigenvalue weighted by molar-refractivity contribution is 5.92. The Balaban J connectivity index is 1.86. The van der Waals surface area contributed by atoms with Gasteiger partial charge in [0.1, 0.15) is 12.1 Å². The van der Waals surface area contributed by atoms with Crippen molar-refractivity contribution in [1.82, 2.24) is 15.2 Å². The van der Waals surface area contributed by atoms with Crippen LogP contribution in [0.1, 0.15) is 18.4 Å². The number of rotatable bonds is 6. The van der Waals surface area contributed by atoms with Gasteiger partial charge in [-0.05, 0) is 24.5 Å². The van der Waals surface area contributed by atoms with Crippen LogP contribution in [0.5, 0.6) is 0 Å². The molecule has 138 valence electrons. The number of carboxylic acid groups (broad SMARTS) is 1. The van der Waals surface area contributed by atoms with Gasteiger partial charge < -0.3 is 26.0 Å². The zero-order valence-electron chi connectivity index (χ0n) is 14.3. The van der Waals surface area contributed by atoms with E-state index in [2.05, 4.69) is 10.3 Å². The number of fused-ring (bicyclic) bond motifs is 1. The minimum atomic E-state index is -1.02. The normalized spacial score (nSPS) is 18.0. The van der Waals surface area contributed by atoms with E-state index < -0.39 is 24.0 Å². The van der Waals surface area contributed by atoms with Gasteiger partial charge in [-0.1, -0.05) is 18.2 Å². The van der Waals surface area contributed by atoms with Gasteiger partial charge in [0.15, 0.2) is 0 Å². The first-order valence-electron chi connectivity index (χ1n) is 8.59. The Morgan fingerprint density at radius 1 is 1.35 bits per heavy atom. The summed E-state index contributed by atoms with van der Waals surface area (Å²) in [6, 6.07) is 5.96. The van der Waals surface area contributed by atoms with E-state index in [0.29, 0.717) is 19.4 Å². The molecule has 0 aliphatic carbocycles. The van der Waals surface area contributed by atoms with Gasteiger partial charge in [0.2, 0.25) is 11.8 Å². The molecular weight excluding hydrogens is 336 g/mol. The maximum absolute atomic E-state index is 13.0. The summed E-state index contributed by atoms with van der Waals surface area (Å²) in [6.07, 6.45) is 3.12. The van der Waals surface area contributed by atoms with E-state index >= 15 is 0 Å². The number of amides is 2. The van der Waals surface area contributed by atoms with Crippen molar-refractivity contribution in [2.45, 2.75) is 31.3 Å². The Morgan fingerprint density at radius 3 is 2.85 bits per heavy atom. The molecule has 26 heavy (non-hydrogen) atoms. The van der Waals surface area contributed by atoms with Crippen molar-refractivity contribution in [2.24, 2.45) is 5.73 Å². The average molecular weight is 358 g/mol. The fourth-order valence-corrected chi connectivity index (χ4v) is 3.46. The fraction of sp³-hybridized carbons (Fsp3) is 0.389. The number of H-pyrrole nitrogens is 1. The number of para-hydroxylation sites is 1. The highest BCUT2D eigenvalue weighted by atomic mass is 16.4. The minimum Gasteiger partial charge on any atom is -0.480 e. The summed E-state index contributed by atoms with van der Waals surface area (Å²) >= 11 is 0. The topological polar surface area (TPSA) is 129 Å². The van der Waals surface area contributed by atoms with E-state index in [9.17, 15) is 19.5 Å². The molecule has 2 atom stereocenters. The van der Waals surface area contributed by atoms with E-state index in [1.165, 1.54) is 4.90 Å². The molecule has 1 fully saturated rings. The standard InChI is InChI=1S/C18H22N4O4/c19-9-16(23)21-14(17(24)22-7-3-6-15(22)18(25)26)8-11-10-20-13-5-2-1-4-12(11)13/h1-2,4-5,10,14-15,20H,3,6-9,19H2,(H,21,23)(H,25,26)/t14-,15-/m0/s1. The molecule has 2 heterocycles. The minimum absolute atomic E-state index is 0.236. The molecule has 2 aromatic rings. The van der Waals surface area contributed by atoms with Crippen molar-refractivity contribution in [1.29, 1.82) is 0 Å². The lowest BCUT2D eigenvalue weighted by molar-refractivity contribution is -0.149. The van der Waals surface area contributed by atoms with Crippen LogP contribution in [0, 0.1) is 0 Å². The zero-order valence-corrected chi connectivity index (χ0v) is 14.3. The molecule has 1 aromatic heterocycles. The van der Waals surface area contributed by atoms with Gasteiger partial charge in [-0.3, -0.25) is 9.59 Å². The summed E-state index contributed by atoms with van der Waals surface area (Å²) in [7, 11) is 0. The van der Waals surface area contributed by atoms with Crippen LogP contribution in [0.3, 0.4) is 0 Å². The zero-order chi connectivity index (χ0) is 18.7. The fourth-order valence-electron chi connectivity index (χ4n) is 3.46. The third kappa shape index (κ3) is 3.55. The van der Waals surface area contributed by atoms with Crippen LogP contribution in [0.25, 0.3) is 10.9 Å². The average Bonchev–Trinajstić information content (AvgIpc) is 3.28. The first-order chi connectivity index (χ1) is 12.5. The summed E-state index contributed by atoms with van der Waals surface area (Å²) in [5.74, 6) is -1.86. The third-order valence-electron chi connectivity index (χ3n) is 4.74. The highest BCUT2D eigenvalue weighted by Crippen LogP contribution is 2.22. The number of aromatic amines is 1. The molecule has 3 rings (SSSR count). The number of benzene rings is 1. The lowest BCUT2D eigenvalue weighted by atomic mass is 10.0. The Labute approximate surface area is 150 Å². The molecule has 8 nitrogen and oxygen atoms in total. The summed E-state index contributed by atoms with van der Waals surface area (Å²) < 4.78 is 0. The molecule has 1 aromatic carbocycles. The number of carbonyl (C=O) groups is 3. The summed E-state index contributed by atoms with van der Waals surface area (Å²) in [4.78, 5) is 40.7. The maximum atomic E-state index is 13.0. The number of likely N-dealkylation sites (tertiary alicyclic amines) is 1. The number of aliphatic carboxylic acids is 1. The van der Waals surface area contributed by atoms with Crippen LogP contribution < -0.4 is 11.1 Å². The van der Waals surface area contributed by atoms with Gasteiger partial charge in [0.25, 0.3) is 0 Å². The Hall–Kier alpha value is -2.87. The number of carbonyl (C=O) groups excluding carboxylic acids is 2. The molecule has 0 bridgehead atoms. The van der Waals surface area contributed by atoms with Crippen LogP contribution in [0.4, 0.5) is 0 Å². The molecule has 0 saturated carbocycles. The molecule has 1 aliphatic heterocycles. The van der Waals surface area contributed by atoms with Crippen LogP contribution in [0.15, 0.2) is 30.5 Å². The number of hydrogen-bond donors (Lipinski definition) is 4. The van der Waals surface area contributed by atoms with Gasteiger partial charge >= 0.3 is 5.97 Å². The third-order valence-corrected chi connectivity index (χ3v) is 4.74. The highest BCUT2D eigenvalue weighted by Gasteiger charge is 2.37. The molecule has 1 saturated heterocycles. The van der Waals surface area contributed by atoms with Crippen molar-refractivity contribution < 1.29 is 19.5 Å². The molecule has 0 unspecified atom stereocenters. The van der Waals surface area contributed by atoms with E-state index in [-0.39, 0.29) is 18.9 Å².